The van der Waals surface area contributed by atoms with E-state index < -0.39 is 0 Å². The highest BCUT2D eigenvalue weighted by Gasteiger charge is 2.35. The Bertz CT molecular complexity index is 836. The summed E-state index contributed by atoms with van der Waals surface area (Å²) < 4.78 is 0. The zero-order valence-electron chi connectivity index (χ0n) is 14.6. The lowest BCUT2D eigenvalue weighted by molar-refractivity contribution is 0.0618. The van der Waals surface area contributed by atoms with Crippen LogP contribution >= 0.6 is 0 Å². The molecule has 0 aliphatic carbocycles. The molecule has 4 heterocycles. The summed E-state index contributed by atoms with van der Waals surface area (Å²) >= 11 is 0. The average Bonchev–Trinajstić information content (AvgIpc) is 3.06. The van der Waals surface area contributed by atoms with Gasteiger partial charge in [-0.15, -0.1) is 0 Å². The van der Waals surface area contributed by atoms with Gasteiger partial charge in [0.2, 0.25) is 0 Å². The van der Waals surface area contributed by atoms with E-state index in [9.17, 15) is 4.79 Å². The number of piperidine rings is 3. The number of fused-ring (bicyclic) bond motifs is 4. The number of nitrogens with one attached hydrogen (secondary N) is 2. The van der Waals surface area contributed by atoms with Gasteiger partial charge >= 0.3 is 0 Å². The number of amides is 1. The second kappa shape index (κ2) is 6.89. The molecule has 0 spiro atoms. The number of carbonyl (C=O) groups is 1. The molecule has 1 aromatic carbocycles. The minimum Gasteiger partial charge on any atom is -0.346 e. The third-order valence-corrected chi connectivity index (χ3v) is 5.36. The number of nitrogens with zero attached hydrogens (tertiary/aromatic N) is 2. The first-order valence-corrected chi connectivity index (χ1v) is 9.25. The van der Waals surface area contributed by atoms with Crippen molar-refractivity contribution in [1.29, 1.82) is 0 Å². The van der Waals surface area contributed by atoms with Crippen molar-refractivity contribution in [3.8, 4) is 11.8 Å². The lowest BCUT2D eigenvalue weighted by Crippen LogP contribution is -2.57. The lowest BCUT2D eigenvalue weighted by Gasteiger charge is -2.44. The molecular formula is C20H24N4O. The van der Waals surface area contributed by atoms with Gasteiger partial charge in [-0.05, 0) is 56.5 Å². The summed E-state index contributed by atoms with van der Waals surface area (Å²) in [5.41, 5.74) is 2.30. The molecule has 130 valence electrons. The van der Waals surface area contributed by atoms with Gasteiger partial charge in [-0.1, -0.05) is 18.8 Å². The van der Waals surface area contributed by atoms with Crippen LogP contribution in [-0.4, -0.2) is 46.7 Å². The first-order valence-electron chi connectivity index (χ1n) is 9.25. The van der Waals surface area contributed by atoms with E-state index in [1.165, 1.54) is 25.9 Å². The van der Waals surface area contributed by atoms with Crippen LogP contribution < -0.4 is 5.32 Å². The molecule has 2 aromatic rings. The number of aromatic nitrogens is 2. The maximum absolute atomic E-state index is 12.7. The molecule has 0 radical (unpaired) electrons. The summed E-state index contributed by atoms with van der Waals surface area (Å²) in [7, 11) is 0. The first kappa shape index (κ1) is 16.2. The molecule has 1 amide bonds. The molecule has 3 fully saturated rings. The molecule has 3 aliphatic rings. The Morgan fingerprint density at radius 3 is 2.96 bits per heavy atom. The van der Waals surface area contributed by atoms with Crippen molar-refractivity contribution in [1.82, 2.24) is 20.4 Å². The molecule has 3 saturated heterocycles. The van der Waals surface area contributed by atoms with Crippen LogP contribution in [0.1, 0.15) is 48.7 Å². The van der Waals surface area contributed by atoms with Gasteiger partial charge in [-0.25, -0.2) is 0 Å². The second-order valence-corrected chi connectivity index (χ2v) is 7.10. The predicted molar refractivity (Wildman–Crippen MR) is 98.3 cm³/mol. The number of hydrogen-bond acceptors (Lipinski definition) is 3. The number of carbonyl (C=O) groups excluding carboxylic acids is 1. The van der Waals surface area contributed by atoms with Crippen LogP contribution in [0.4, 0.5) is 0 Å². The average molecular weight is 336 g/mol. The molecule has 0 saturated carbocycles. The molecule has 1 aromatic heterocycles. The number of benzene rings is 1. The van der Waals surface area contributed by atoms with E-state index in [1.807, 2.05) is 18.2 Å². The number of hydrogen-bond donors (Lipinski definition) is 2. The topological polar surface area (TPSA) is 61.0 Å². The zero-order valence-corrected chi connectivity index (χ0v) is 14.6. The number of unbranched alkanes of at least 4 members (excludes halogenated alkanes) is 1. The van der Waals surface area contributed by atoms with Crippen molar-refractivity contribution < 1.29 is 4.79 Å². The van der Waals surface area contributed by atoms with E-state index in [1.54, 1.807) is 0 Å². The summed E-state index contributed by atoms with van der Waals surface area (Å²) in [5.74, 6) is 6.84. The largest absolute Gasteiger partial charge is 0.346 e. The van der Waals surface area contributed by atoms with Crippen LogP contribution in [0.25, 0.3) is 10.9 Å². The van der Waals surface area contributed by atoms with Gasteiger partial charge in [0, 0.05) is 30.0 Å². The fraction of sp³-hybridized carbons (Fsp3) is 0.500. The number of aromatic amines is 1. The van der Waals surface area contributed by atoms with E-state index in [-0.39, 0.29) is 11.9 Å². The Labute approximate surface area is 148 Å². The van der Waals surface area contributed by atoms with Crippen LogP contribution in [-0.2, 0) is 0 Å². The first-order chi connectivity index (χ1) is 12.2. The van der Waals surface area contributed by atoms with Crippen molar-refractivity contribution >= 4 is 16.8 Å². The number of H-pyrrole nitrogens is 1. The third-order valence-electron chi connectivity index (χ3n) is 5.36. The van der Waals surface area contributed by atoms with Crippen LogP contribution in [0.5, 0.6) is 0 Å². The van der Waals surface area contributed by atoms with E-state index in [2.05, 4.69) is 39.2 Å². The van der Waals surface area contributed by atoms with Crippen LogP contribution in [0.3, 0.4) is 0 Å². The van der Waals surface area contributed by atoms with Crippen LogP contribution in [0.15, 0.2) is 18.2 Å². The quantitative estimate of drug-likeness (QED) is 0.847. The van der Waals surface area contributed by atoms with E-state index in [4.69, 9.17) is 0 Å². The molecule has 1 atom stereocenters. The Balaban J connectivity index is 1.51. The highest BCUT2D eigenvalue weighted by atomic mass is 16.2. The SMILES string of the molecule is CCCC#Cc1ccc2c(C(=O)N[C@H]3CN4CCC3CC4)n[nH]c2c1. The Kier molecular flexibility index (Phi) is 4.46. The van der Waals surface area contributed by atoms with Gasteiger partial charge in [-0.3, -0.25) is 9.89 Å². The number of rotatable bonds is 3. The highest BCUT2D eigenvalue weighted by molar-refractivity contribution is 6.05. The van der Waals surface area contributed by atoms with E-state index in [0.717, 1.165) is 35.9 Å². The maximum atomic E-state index is 12.7. The Morgan fingerprint density at radius 2 is 2.24 bits per heavy atom. The molecule has 5 nitrogen and oxygen atoms in total. The maximum Gasteiger partial charge on any atom is 0.272 e. The van der Waals surface area contributed by atoms with Gasteiger partial charge in [0.05, 0.1) is 5.52 Å². The molecule has 2 N–H and O–H groups in total. The second-order valence-electron chi connectivity index (χ2n) is 7.10. The summed E-state index contributed by atoms with van der Waals surface area (Å²) in [6.07, 6.45) is 4.33. The molecule has 0 unspecified atom stereocenters. The monoisotopic (exact) mass is 336 g/mol. The van der Waals surface area contributed by atoms with Gasteiger partial charge < -0.3 is 10.2 Å². The highest BCUT2D eigenvalue weighted by Crippen LogP contribution is 2.28. The normalized spacial score (nSPS) is 24.8. The smallest absolute Gasteiger partial charge is 0.272 e. The van der Waals surface area contributed by atoms with Crippen molar-refractivity contribution in [2.45, 2.75) is 38.6 Å². The summed E-state index contributed by atoms with van der Waals surface area (Å²) in [4.78, 5) is 15.2. The van der Waals surface area contributed by atoms with E-state index >= 15 is 0 Å². The van der Waals surface area contributed by atoms with Gasteiger partial charge in [0.1, 0.15) is 0 Å². The summed E-state index contributed by atoms with van der Waals surface area (Å²) in [5, 5.41) is 11.3. The molecule has 5 heteroatoms. The van der Waals surface area contributed by atoms with Gasteiger partial charge in [0.15, 0.2) is 5.69 Å². The predicted octanol–water partition coefficient (Wildman–Crippen LogP) is 2.54. The van der Waals surface area contributed by atoms with Crippen LogP contribution in [0, 0.1) is 17.8 Å². The van der Waals surface area contributed by atoms with E-state index in [0.29, 0.717) is 11.6 Å². The molecule has 3 aliphatic heterocycles. The fourth-order valence-corrected chi connectivity index (χ4v) is 3.93. The van der Waals surface area contributed by atoms with Crippen molar-refractivity contribution in [3.05, 3.63) is 29.5 Å². The molecule has 5 rings (SSSR count). The fourth-order valence-electron chi connectivity index (χ4n) is 3.93. The van der Waals surface area contributed by atoms with Gasteiger partial charge in [0.25, 0.3) is 5.91 Å². The lowest BCUT2D eigenvalue weighted by atomic mass is 9.84. The van der Waals surface area contributed by atoms with Gasteiger partial charge in [-0.2, -0.15) is 5.10 Å². The molecule has 2 bridgehead atoms. The van der Waals surface area contributed by atoms with Crippen molar-refractivity contribution in [2.75, 3.05) is 19.6 Å². The van der Waals surface area contributed by atoms with Crippen molar-refractivity contribution in [2.24, 2.45) is 5.92 Å². The van der Waals surface area contributed by atoms with Crippen LogP contribution in [0.2, 0.25) is 0 Å². The Hall–Kier alpha value is -2.32. The molecular weight excluding hydrogens is 312 g/mol. The minimum absolute atomic E-state index is 0.0742. The summed E-state index contributed by atoms with van der Waals surface area (Å²) in [6, 6.07) is 6.13. The standard InChI is InChI=1S/C20H24N4O/c1-2-3-4-5-14-6-7-16-17(12-14)22-23-19(16)20(25)21-18-13-24-10-8-15(18)9-11-24/h6-7,12,15,18H,2-3,8-11,13H2,1H3,(H,21,25)(H,22,23)/t18-/m0/s1. The molecule has 25 heavy (non-hydrogen) atoms. The Morgan fingerprint density at radius 1 is 1.40 bits per heavy atom. The third kappa shape index (κ3) is 3.27. The zero-order chi connectivity index (χ0) is 17.2. The summed E-state index contributed by atoms with van der Waals surface area (Å²) in [6.45, 7) is 5.43. The minimum atomic E-state index is -0.0742. The van der Waals surface area contributed by atoms with Crippen molar-refractivity contribution in [3.63, 3.8) is 0 Å².